The van der Waals surface area contributed by atoms with Gasteiger partial charge in [-0.25, -0.2) is 4.99 Å². The van der Waals surface area contributed by atoms with E-state index in [1.807, 2.05) is 32.2 Å². The normalized spacial score (nSPS) is 19.2. The minimum atomic E-state index is 0. The maximum Gasteiger partial charge on any atom is 0.244 e. The fourth-order valence-corrected chi connectivity index (χ4v) is 3.78. The number of carbonyl (C=O) groups is 1. The third-order valence-corrected chi connectivity index (χ3v) is 5.46. The Kier molecular flexibility index (Phi) is 12.9. The first-order chi connectivity index (χ1) is 13.6. The van der Waals surface area contributed by atoms with E-state index in [9.17, 15) is 4.79 Å². The molecule has 29 heavy (non-hydrogen) atoms. The average molecular weight is 515 g/mol. The van der Waals surface area contributed by atoms with Gasteiger partial charge in [-0.05, 0) is 43.7 Å². The molecule has 1 aliphatic rings. The van der Waals surface area contributed by atoms with Gasteiger partial charge in [0.15, 0.2) is 5.96 Å². The summed E-state index contributed by atoms with van der Waals surface area (Å²) in [5.41, 5.74) is 0.998. The molecule has 0 spiro atoms. The van der Waals surface area contributed by atoms with Gasteiger partial charge >= 0.3 is 0 Å². The quantitative estimate of drug-likeness (QED) is 0.300. The standard InChI is InChI=1S/C22H37N5O.HI/c1-4-23-22(25-14-11-19-9-7-8-18(2)16-19)26-17-21(28)27(3)15-12-20-10-5-6-13-24-20;/h5-6,10,13,18-19H,4,7-9,11-12,14-17H2,1-3H3,(H2,23,25,26);1H. The first-order valence-corrected chi connectivity index (χ1v) is 10.7. The number of guanidine groups is 1. The highest BCUT2D eigenvalue weighted by Gasteiger charge is 2.18. The molecule has 2 atom stereocenters. The Bertz CT molecular complexity index is 610. The minimum Gasteiger partial charge on any atom is -0.357 e. The Labute approximate surface area is 193 Å². The van der Waals surface area contributed by atoms with Crippen LogP contribution in [0.1, 0.15) is 51.6 Å². The summed E-state index contributed by atoms with van der Waals surface area (Å²) in [6, 6.07) is 5.85. The largest absolute Gasteiger partial charge is 0.357 e. The number of hydrogen-bond donors (Lipinski definition) is 2. The van der Waals surface area contributed by atoms with Crippen molar-refractivity contribution < 1.29 is 4.79 Å². The predicted octanol–water partition coefficient (Wildman–Crippen LogP) is 3.47. The lowest BCUT2D eigenvalue weighted by atomic mass is 9.81. The molecule has 0 bridgehead atoms. The van der Waals surface area contributed by atoms with Gasteiger partial charge in [0, 0.05) is 45.0 Å². The lowest BCUT2D eigenvalue weighted by Gasteiger charge is -2.26. The van der Waals surface area contributed by atoms with Crippen molar-refractivity contribution in [2.45, 2.75) is 52.4 Å². The first-order valence-electron chi connectivity index (χ1n) is 10.7. The maximum absolute atomic E-state index is 12.4. The number of nitrogens with zero attached hydrogens (tertiary/aromatic N) is 3. The minimum absolute atomic E-state index is 0. The monoisotopic (exact) mass is 515 g/mol. The van der Waals surface area contributed by atoms with Crippen LogP contribution in [0.3, 0.4) is 0 Å². The van der Waals surface area contributed by atoms with Crippen molar-refractivity contribution in [1.82, 2.24) is 20.5 Å². The molecular formula is C22H38IN5O. The Balaban J connectivity index is 0.00000420. The van der Waals surface area contributed by atoms with Gasteiger partial charge in [-0.15, -0.1) is 24.0 Å². The van der Waals surface area contributed by atoms with E-state index in [1.54, 1.807) is 11.1 Å². The van der Waals surface area contributed by atoms with Gasteiger partial charge in [0.1, 0.15) is 6.54 Å². The van der Waals surface area contributed by atoms with Gasteiger partial charge in [-0.3, -0.25) is 9.78 Å². The topological polar surface area (TPSA) is 69.6 Å². The van der Waals surface area contributed by atoms with Gasteiger partial charge in [-0.1, -0.05) is 32.3 Å². The third kappa shape index (κ3) is 10.3. The Morgan fingerprint density at radius 2 is 2.14 bits per heavy atom. The second-order valence-corrected chi connectivity index (χ2v) is 7.93. The molecule has 164 valence electrons. The van der Waals surface area contributed by atoms with Crippen molar-refractivity contribution in [3.8, 4) is 0 Å². The molecule has 1 saturated carbocycles. The molecule has 1 aromatic heterocycles. The van der Waals surface area contributed by atoms with Crippen LogP contribution in [0.15, 0.2) is 29.4 Å². The third-order valence-electron chi connectivity index (χ3n) is 5.46. The van der Waals surface area contributed by atoms with Crippen molar-refractivity contribution in [2.75, 3.05) is 33.2 Å². The number of nitrogens with one attached hydrogen (secondary N) is 2. The van der Waals surface area contributed by atoms with Crippen LogP contribution in [0.25, 0.3) is 0 Å². The number of halogens is 1. The number of hydrogen-bond acceptors (Lipinski definition) is 3. The zero-order valence-electron chi connectivity index (χ0n) is 18.2. The fourth-order valence-electron chi connectivity index (χ4n) is 3.78. The van der Waals surface area contributed by atoms with E-state index in [2.05, 4.69) is 27.5 Å². The van der Waals surface area contributed by atoms with Crippen LogP contribution >= 0.6 is 24.0 Å². The van der Waals surface area contributed by atoms with E-state index in [4.69, 9.17) is 0 Å². The molecule has 6 nitrogen and oxygen atoms in total. The lowest BCUT2D eigenvalue weighted by molar-refractivity contribution is -0.128. The molecule has 0 aromatic carbocycles. The smallest absolute Gasteiger partial charge is 0.244 e. The molecule has 1 heterocycles. The van der Waals surface area contributed by atoms with Gasteiger partial charge in [0.25, 0.3) is 0 Å². The zero-order valence-corrected chi connectivity index (χ0v) is 20.5. The molecule has 0 radical (unpaired) electrons. The highest BCUT2D eigenvalue weighted by Crippen LogP contribution is 2.30. The van der Waals surface area contributed by atoms with Crippen molar-refractivity contribution in [3.05, 3.63) is 30.1 Å². The van der Waals surface area contributed by atoms with E-state index >= 15 is 0 Å². The van der Waals surface area contributed by atoms with Crippen LogP contribution in [0.4, 0.5) is 0 Å². The molecule has 2 unspecified atom stereocenters. The molecular weight excluding hydrogens is 477 g/mol. The molecule has 2 rings (SSSR count). The van der Waals surface area contributed by atoms with Crippen molar-refractivity contribution >= 4 is 35.8 Å². The summed E-state index contributed by atoms with van der Waals surface area (Å²) in [6.07, 6.45) is 9.14. The van der Waals surface area contributed by atoms with E-state index in [0.717, 1.165) is 43.0 Å². The van der Waals surface area contributed by atoms with E-state index < -0.39 is 0 Å². The summed E-state index contributed by atoms with van der Waals surface area (Å²) < 4.78 is 0. The van der Waals surface area contributed by atoms with Crippen LogP contribution in [0, 0.1) is 11.8 Å². The molecule has 1 fully saturated rings. The van der Waals surface area contributed by atoms with Crippen LogP contribution in [-0.2, 0) is 11.2 Å². The maximum atomic E-state index is 12.4. The summed E-state index contributed by atoms with van der Waals surface area (Å²) in [6.45, 7) is 6.91. The highest BCUT2D eigenvalue weighted by molar-refractivity contribution is 14.0. The number of likely N-dealkylation sites (N-methyl/N-ethyl adjacent to an activating group) is 1. The number of aliphatic imine (C=N–C) groups is 1. The van der Waals surface area contributed by atoms with Crippen LogP contribution in [-0.4, -0.2) is 55.0 Å². The Hall–Kier alpha value is -1.38. The van der Waals surface area contributed by atoms with Gasteiger partial charge in [0.05, 0.1) is 0 Å². The van der Waals surface area contributed by atoms with Crippen molar-refractivity contribution in [3.63, 3.8) is 0 Å². The van der Waals surface area contributed by atoms with Gasteiger partial charge in [0.2, 0.25) is 5.91 Å². The van der Waals surface area contributed by atoms with Crippen molar-refractivity contribution in [2.24, 2.45) is 16.8 Å². The predicted molar refractivity (Wildman–Crippen MR) is 131 cm³/mol. The zero-order chi connectivity index (χ0) is 20.2. The summed E-state index contributed by atoms with van der Waals surface area (Å²) >= 11 is 0. The molecule has 1 aromatic rings. The second kappa shape index (κ2) is 14.6. The lowest BCUT2D eigenvalue weighted by Crippen LogP contribution is -2.39. The fraction of sp³-hybridized carbons (Fsp3) is 0.682. The molecule has 0 saturated heterocycles. The summed E-state index contributed by atoms with van der Waals surface area (Å²) in [7, 11) is 1.82. The molecule has 1 amide bonds. The van der Waals surface area contributed by atoms with Crippen LogP contribution in [0.5, 0.6) is 0 Å². The van der Waals surface area contributed by atoms with Gasteiger partial charge < -0.3 is 15.5 Å². The van der Waals surface area contributed by atoms with E-state index in [1.165, 1.54) is 32.1 Å². The number of pyridine rings is 1. The SMILES string of the molecule is CCNC(=NCC(=O)N(C)CCc1ccccn1)NCCC1CCCC(C)C1.I. The molecule has 2 N–H and O–H groups in total. The Morgan fingerprint density at radius 1 is 1.31 bits per heavy atom. The summed E-state index contributed by atoms with van der Waals surface area (Å²) in [5.74, 6) is 2.44. The average Bonchev–Trinajstić information content (AvgIpc) is 2.70. The van der Waals surface area contributed by atoms with E-state index in [-0.39, 0.29) is 36.4 Å². The number of aromatic nitrogens is 1. The van der Waals surface area contributed by atoms with Crippen LogP contribution < -0.4 is 10.6 Å². The van der Waals surface area contributed by atoms with E-state index in [0.29, 0.717) is 6.54 Å². The number of rotatable bonds is 9. The molecule has 1 aliphatic carbocycles. The van der Waals surface area contributed by atoms with Crippen LogP contribution in [0.2, 0.25) is 0 Å². The highest BCUT2D eigenvalue weighted by atomic mass is 127. The Morgan fingerprint density at radius 3 is 2.83 bits per heavy atom. The summed E-state index contributed by atoms with van der Waals surface area (Å²) in [4.78, 5) is 22.9. The molecule has 7 heteroatoms. The molecule has 0 aliphatic heterocycles. The summed E-state index contributed by atoms with van der Waals surface area (Å²) in [5, 5.41) is 6.63. The first kappa shape index (κ1) is 25.7. The number of amides is 1. The number of carbonyl (C=O) groups excluding carboxylic acids is 1. The van der Waals surface area contributed by atoms with Gasteiger partial charge in [-0.2, -0.15) is 0 Å². The van der Waals surface area contributed by atoms with Crippen molar-refractivity contribution in [1.29, 1.82) is 0 Å². The second-order valence-electron chi connectivity index (χ2n) is 7.93.